The Labute approximate surface area is 346 Å². The standard InChI is InChI=1S/C56H54N2/c1-35-11-19-45(20-12-35)53-31-49(32-54(46-21-13-36(2)14-22-46)57(53)51-27-39(5)43(9)40(6)28-51)50-33-55(47-23-15-37(3)16-24-47)58(52-29-41(7)44(10)42(8)30-52)56(34-50)48-25-17-38(4)18-26-48/h11-34H,1-10H3. The van der Waals surface area contributed by atoms with Crippen LogP contribution >= 0.6 is 0 Å². The van der Waals surface area contributed by atoms with Gasteiger partial charge in [0.05, 0.1) is 22.8 Å². The zero-order valence-corrected chi connectivity index (χ0v) is 35.8. The average molecular weight is 755 g/mol. The summed E-state index contributed by atoms with van der Waals surface area (Å²) in [4.78, 5) is 4.95. The predicted octanol–water partition coefficient (Wildman–Crippen LogP) is 14.6. The third kappa shape index (κ3) is 7.43. The van der Waals surface area contributed by atoms with E-state index in [1.54, 1.807) is 0 Å². The molecule has 0 unspecified atom stereocenters. The maximum atomic E-state index is 2.47. The van der Waals surface area contributed by atoms with Crippen LogP contribution in [0.2, 0.25) is 0 Å². The van der Waals surface area contributed by atoms with Gasteiger partial charge in [-0.3, -0.25) is 0 Å². The highest BCUT2D eigenvalue weighted by molar-refractivity contribution is 6.03. The van der Waals surface area contributed by atoms with Gasteiger partial charge < -0.3 is 9.80 Å². The Hall–Kier alpha value is -6.38. The molecule has 288 valence electrons. The van der Waals surface area contributed by atoms with Crippen LogP contribution in [-0.2, 0) is 0 Å². The van der Waals surface area contributed by atoms with E-state index in [0.29, 0.717) is 0 Å². The second-order valence-electron chi connectivity index (χ2n) is 16.6. The molecule has 2 aliphatic heterocycles. The maximum absolute atomic E-state index is 2.47. The predicted molar refractivity (Wildman–Crippen MR) is 250 cm³/mol. The molecule has 0 fully saturated rings. The first-order valence-electron chi connectivity index (χ1n) is 20.5. The van der Waals surface area contributed by atoms with Crippen LogP contribution in [0.3, 0.4) is 0 Å². The van der Waals surface area contributed by atoms with Crippen LogP contribution in [0.1, 0.15) is 77.9 Å². The van der Waals surface area contributed by atoms with E-state index in [2.05, 4.69) is 225 Å². The number of benzene rings is 6. The monoisotopic (exact) mass is 754 g/mol. The molecule has 0 aliphatic carbocycles. The number of rotatable bonds is 6. The lowest BCUT2D eigenvalue weighted by Crippen LogP contribution is -2.25. The van der Waals surface area contributed by atoms with Crippen LogP contribution in [-0.4, -0.2) is 0 Å². The summed E-state index contributed by atoms with van der Waals surface area (Å²) in [6.07, 6.45) is 9.63. The Kier molecular flexibility index (Phi) is 10.3. The molecule has 2 aliphatic rings. The molecule has 6 aromatic rings. The van der Waals surface area contributed by atoms with Crippen LogP contribution in [0.25, 0.3) is 22.8 Å². The summed E-state index contributed by atoms with van der Waals surface area (Å²) in [7, 11) is 0. The molecule has 0 radical (unpaired) electrons. The van der Waals surface area contributed by atoms with Gasteiger partial charge in [0.15, 0.2) is 0 Å². The SMILES string of the molecule is Cc1ccc(C2=CC(=C3C=C(c4ccc(C)cc4)N(c4cc(C)c(C)c(C)c4)C(c4ccc(C)cc4)=C3)C=C(c3ccc(C)cc3)N2c2cc(C)c(C)c(C)c2)cc1. The van der Waals surface area contributed by atoms with Crippen molar-refractivity contribution >= 4 is 34.2 Å². The molecule has 0 saturated heterocycles. The van der Waals surface area contributed by atoms with Gasteiger partial charge in [-0.1, -0.05) is 119 Å². The lowest BCUT2D eigenvalue weighted by Gasteiger charge is -2.37. The second-order valence-corrected chi connectivity index (χ2v) is 16.6. The number of nitrogens with zero attached hydrogens (tertiary/aromatic N) is 2. The van der Waals surface area contributed by atoms with Crippen molar-refractivity contribution in [1.82, 2.24) is 0 Å². The minimum Gasteiger partial charge on any atom is -0.309 e. The number of aryl methyl sites for hydroxylation is 8. The van der Waals surface area contributed by atoms with Gasteiger partial charge >= 0.3 is 0 Å². The summed E-state index contributed by atoms with van der Waals surface area (Å²) in [5.74, 6) is 0. The molecule has 2 heteroatoms. The molecule has 0 bridgehead atoms. The molecule has 0 spiro atoms. The fraction of sp³-hybridized carbons (Fsp3) is 0.179. The minimum atomic E-state index is 1.14. The van der Waals surface area contributed by atoms with Gasteiger partial charge in [0.1, 0.15) is 0 Å². The fourth-order valence-corrected chi connectivity index (χ4v) is 8.11. The van der Waals surface area contributed by atoms with Gasteiger partial charge in [0.25, 0.3) is 0 Å². The highest BCUT2D eigenvalue weighted by Crippen LogP contribution is 2.45. The first-order chi connectivity index (χ1) is 27.8. The van der Waals surface area contributed by atoms with Crippen LogP contribution in [0.15, 0.2) is 157 Å². The third-order valence-electron chi connectivity index (χ3n) is 12.2. The van der Waals surface area contributed by atoms with Crippen molar-refractivity contribution in [1.29, 1.82) is 0 Å². The summed E-state index contributed by atoms with van der Waals surface area (Å²) in [5, 5.41) is 0. The van der Waals surface area contributed by atoms with E-state index in [0.717, 1.165) is 45.3 Å². The first-order valence-corrected chi connectivity index (χ1v) is 20.5. The van der Waals surface area contributed by atoms with Crippen molar-refractivity contribution in [3.05, 3.63) is 235 Å². The van der Waals surface area contributed by atoms with Gasteiger partial charge in [0, 0.05) is 11.4 Å². The lowest BCUT2D eigenvalue weighted by atomic mass is 9.90. The molecule has 2 nitrogen and oxygen atoms in total. The zero-order valence-electron chi connectivity index (χ0n) is 35.8. The highest BCUT2D eigenvalue weighted by Gasteiger charge is 2.29. The first kappa shape index (κ1) is 38.5. The van der Waals surface area contributed by atoms with E-state index in [1.807, 2.05) is 0 Å². The molecule has 0 N–H and O–H groups in total. The van der Waals surface area contributed by atoms with Crippen LogP contribution in [0.5, 0.6) is 0 Å². The molecule has 58 heavy (non-hydrogen) atoms. The Balaban J connectivity index is 1.47. The lowest BCUT2D eigenvalue weighted by molar-refractivity contribution is 1.20. The quantitative estimate of drug-likeness (QED) is 0.167. The van der Waals surface area contributed by atoms with Crippen molar-refractivity contribution in [3.8, 4) is 0 Å². The van der Waals surface area contributed by atoms with Crippen LogP contribution in [0.4, 0.5) is 11.4 Å². The fourth-order valence-electron chi connectivity index (χ4n) is 8.11. The summed E-state index contributed by atoms with van der Waals surface area (Å²) in [5.41, 5.74) is 26.7. The van der Waals surface area contributed by atoms with E-state index < -0.39 is 0 Å². The Morgan fingerprint density at radius 1 is 0.276 bits per heavy atom. The molecule has 0 saturated carbocycles. The number of hydrogen-bond acceptors (Lipinski definition) is 2. The van der Waals surface area contributed by atoms with Gasteiger partial charge in [-0.2, -0.15) is 0 Å². The summed E-state index contributed by atoms with van der Waals surface area (Å²) in [6.45, 7) is 22.0. The molecular formula is C56H54N2. The molecule has 6 aromatic carbocycles. The van der Waals surface area contributed by atoms with Gasteiger partial charge in [-0.25, -0.2) is 0 Å². The van der Waals surface area contributed by atoms with E-state index in [4.69, 9.17) is 0 Å². The molecule has 0 amide bonds. The van der Waals surface area contributed by atoms with Gasteiger partial charge in [-0.05, 0) is 185 Å². The second kappa shape index (κ2) is 15.5. The molecular weight excluding hydrogens is 701 g/mol. The Morgan fingerprint density at radius 2 is 0.483 bits per heavy atom. The Morgan fingerprint density at radius 3 is 0.690 bits per heavy atom. The van der Waals surface area contributed by atoms with E-state index in [-0.39, 0.29) is 0 Å². The average Bonchev–Trinajstić information content (AvgIpc) is 3.22. The molecule has 0 atom stereocenters. The maximum Gasteiger partial charge on any atom is 0.0540 e. The largest absolute Gasteiger partial charge is 0.309 e. The molecule has 0 aromatic heterocycles. The highest BCUT2D eigenvalue weighted by atomic mass is 15.2. The van der Waals surface area contributed by atoms with Crippen molar-refractivity contribution in [2.75, 3.05) is 9.80 Å². The summed E-state index contributed by atoms with van der Waals surface area (Å²) < 4.78 is 0. The molecule has 8 rings (SSSR count). The van der Waals surface area contributed by atoms with Crippen LogP contribution in [0, 0.1) is 69.2 Å². The van der Waals surface area contributed by atoms with Crippen molar-refractivity contribution in [2.24, 2.45) is 0 Å². The van der Waals surface area contributed by atoms with Gasteiger partial charge in [-0.15, -0.1) is 0 Å². The van der Waals surface area contributed by atoms with Crippen molar-refractivity contribution < 1.29 is 0 Å². The van der Waals surface area contributed by atoms with Crippen molar-refractivity contribution in [3.63, 3.8) is 0 Å². The number of anilines is 2. The normalized spacial score (nSPS) is 14.3. The van der Waals surface area contributed by atoms with E-state index in [1.165, 1.54) is 77.9 Å². The van der Waals surface area contributed by atoms with Crippen molar-refractivity contribution in [2.45, 2.75) is 69.2 Å². The van der Waals surface area contributed by atoms with Crippen LogP contribution < -0.4 is 9.80 Å². The van der Waals surface area contributed by atoms with Gasteiger partial charge in [0.2, 0.25) is 0 Å². The van der Waals surface area contributed by atoms with E-state index >= 15 is 0 Å². The number of allylic oxidation sites excluding steroid dienone is 6. The smallest absolute Gasteiger partial charge is 0.0540 e. The zero-order chi connectivity index (χ0) is 40.8. The summed E-state index contributed by atoms with van der Waals surface area (Å²) in [6, 6.07) is 45.4. The summed E-state index contributed by atoms with van der Waals surface area (Å²) >= 11 is 0. The third-order valence-corrected chi connectivity index (χ3v) is 12.2. The number of hydrogen-bond donors (Lipinski definition) is 0. The topological polar surface area (TPSA) is 6.48 Å². The Bertz CT molecular complexity index is 2340. The molecule has 2 heterocycles. The van der Waals surface area contributed by atoms with E-state index in [9.17, 15) is 0 Å². The minimum absolute atomic E-state index is 1.14.